The highest BCUT2D eigenvalue weighted by atomic mass is 28.3. The lowest BCUT2D eigenvalue weighted by Crippen LogP contribution is -2.42. The molecule has 0 aliphatic rings. The molecule has 0 spiro atoms. The SMILES string of the molecule is Cc1c(-c2c(F)c(F)c(F)c(F)c2F)c(C)c([Si](C)(C)C)c(C)c1-c1c(F)c(F)c(F)c(F)c1F. The van der Waals surface area contributed by atoms with E-state index in [1.807, 2.05) is 0 Å². The van der Waals surface area contributed by atoms with Gasteiger partial charge >= 0.3 is 0 Å². The van der Waals surface area contributed by atoms with Crippen molar-refractivity contribution >= 4 is 13.3 Å². The zero-order valence-electron chi connectivity index (χ0n) is 19.3. The van der Waals surface area contributed by atoms with E-state index in [0.717, 1.165) is 6.92 Å². The summed E-state index contributed by atoms with van der Waals surface area (Å²) in [6.45, 7) is 8.90. The Morgan fingerprint density at radius 3 is 0.800 bits per heavy atom. The first-order valence-corrected chi connectivity index (χ1v) is 13.6. The van der Waals surface area contributed by atoms with E-state index in [2.05, 4.69) is 0 Å². The summed E-state index contributed by atoms with van der Waals surface area (Å²) in [5, 5.41) is 0.293. The van der Waals surface area contributed by atoms with Crippen LogP contribution in [0.1, 0.15) is 16.7 Å². The average molecular weight is 524 g/mol. The van der Waals surface area contributed by atoms with Gasteiger partial charge in [0, 0.05) is 0 Å². The maximum Gasteiger partial charge on any atom is 0.200 e. The number of hydrogen-bond donors (Lipinski definition) is 0. The van der Waals surface area contributed by atoms with Crippen molar-refractivity contribution in [2.24, 2.45) is 0 Å². The minimum absolute atomic E-state index is 0.0648. The predicted molar refractivity (Wildman–Crippen MR) is 114 cm³/mol. The van der Waals surface area contributed by atoms with E-state index in [1.54, 1.807) is 19.6 Å². The first kappa shape index (κ1) is 26.8. The zero-order chi connectivity index (χ0) is 26.9. The molecule has 0 saturated heterocycles. The minimum atomic E-state index is -2.63. The Balaban J connectivity index is 2.70. The van der Waals surface area contributed by atoms with Crippen molar-refractivity contribution < 1.29 is 43.9 Å². The third-order valence-corrected chi connectivity index (χ3v) is 8.17. The van der Waals surface area contributed by atoms with Crippen molar-refractivity contribution in [2.45, 2.75) is 40.4 Å². The molecule has 3 aromatic carbocycles. The molecule has 0 nitrogen and oxygen atoms in total. The van der Waals surface area contributed by atoms with Crippen LogP contribution in [-0.4, -0.2) is 8.07 Å². The van der Waals surface area contributed by atoms with Gasteiger partial charge in [0.2, 0.25) is 11.6 Å². The summed E-state index contributed by atoms with van der Waals surface area (Å²) < 4.78 is 143. The summed E-state index contributed by atoms with van der Waals surface area (Å²) in [6.07, 6.45) is 0. The third kappa shape index (κ3) is 3.84. The average Bonchev–Trinajstić information content (AvgIpc) is 2.77. The Hall–Kier alpha value is -2.82. The van der Waals surface area contributed by atoms with Crippen molar-refractivity contribution in [1.82, 2.24) is 0 Å². The summed E-state index contributed by atoms with van der Waals surface area (Å²) >= 11 is 0. The number of benzene rings is 3. The van der Waals surface area contributed by atoms with Crippen LogP contribution in [-0.2, 0) is 0 Å². The van der Waals surface area contributed by atoms with E-state index in [4.69, 9.17) is 0 Å². The molecule has 0 aromatic heterocycles. The van der Waals surface area contributed by atoms with Gasteiger partial charge in [0.25, 0.3) is 0 Å². The topological polar surface area (TPSA) is 0 Å². The van der Waals surface area contributed by atoms with Crippen LogP contribution in [0.5, 0.6) is 0 Å². The van der Waals surface area contributed by atoms with Crippen molar-refractivity contribution in [3.63, 3.8) is 0 Å². The lowest BCUT2D eigenvalue weighted by Gasteiger charge is -2.29. The number of hydrogen-bond acceptors (Lipinski definition) is 0. The Morgan fingerprint density at radius 1 is 0.343 bits per heavy atom. The zero-order valence-corrected chi connectivity index (χ0v) is 20.3. The fourth-order valence-corrected chi connectivity index (χ4v) is 7.24. The van der Waals surface area contributed by atoms with E-state index in [-0.39, 0.29) is 11.1 Å². The highest BCUT2D eigenvalue weighted by Crippen LogP contribution is 2.43. The molecule has 0 radical (unpaired) electrons. The van der Waals surface area contributed by atoms with Crippen LogP contribution < -0.4 is 5.19 Å². The summed E-state index contributed by atoms with van der Waals surface area (Å²) in [5.74, 6) is -22.6. The Bertz CT molecular complexity index is 1250. The van der Waals surface area contributed by atoms with Gasteiger partial charge in [0.05, 0.1) is 19.2 Å². The summed E-state index contributed by atoms with van der Waals surface area (Å²) in [5.41, 5.74) is -4.18. The maximum absolute atomic E-state index is 14.8. The molecule has 0 aliphatic carbocycles. The highest BCUT2D eigenvalue weighted by molar-refractivity contribution is 6.89. The normalized spacial score (nSPS) is 12.0. The van der Waals surface area contributed by atoms with Crippen LogP contribution in [0, 0.1) is 78.9 Å². The molecule has 0 unspecified atom stereocenters. The lowest BCUT2D eigenvalue weighted by atomic mass is 9.85. The monoisotopic (exact) mass is 524 g/mol. The van der Waals surface area contributed by atoms with Crippen molar-refractivity contribution in [3.8, 4) is 22.3 Å². The maximum atomic E-state index is 14.8. The van der Waals surface area contributed by atoms with Crippen LogP contribution in [0.2, 0.25) is 19.6 Å². The first-order chi connectivity index (χ1) is 16.0. The molecular weight excluding hydrogens is 506 g/mol. The molecule has 3 aromatic rings. The molecule has 35 heavy (non-hydrogen) atoms. The smallest absolute Gasteiger partial charge is 0.200 e. The minimum Gasteiger partial charge on any atom is -0.203 e. The molecular formula is C24H18F10Si. The molecule has 0 amide bonds. The molecule has 188 valence electrons. The van der Waals surface area contributed by atoms with E-state index in [9.17, 15) is 43.9 Å². The van der Waals surface area contributed by atoms with Gasteiger partial charge in [-0.15, -0.1) is 0 Å². The highest BCUT2D eigenvalue weighted by Gasteiger charge is 2.35. The molecule has 0 saturated carbocycles. The Labute approximate surface area is 195 Å². The standard InChI is InChI=1S/C24H18F10Si/c1-7-10(12-14(25)18(29)22(33)19(30)15(12)26)8(2)24(35(4,5)6)9(3)11(7)13-16(27)20(31)23(34)21(32)17(13)28/h1-6H3. The third-order valence-electron chi connectivity index (χ3n) is 5.92. The fraction of sp³-hybridized carbons (Fsp3) is 0.250. The van der Waals surface area contributed by atoms with Gasteiger partial charge in [-0.3, -0.25) is 0 Å². The Kier molecular flexibility index (Phi) is 6.64. The van der Waals surface area contributed by atoms with Gasteiger partial charge < -0.3 is 0 Å². The van der Waals surface area contributed by atoms with Crippen molar-refractivity contribution in [3.05, 3.63) is 74.9 Å². The molecule has 0 fully saturated rings. The number of halogens is 10. The molecule has 0 aliphatic heterocycles. The van der Waals surface area contributed by atoms with Gasteiger partial charge in [-0.25, -0.2) is 43.9 Å². The van der Waals surface area contributed by atoms with Gasteiger partial charge in [-0.1, -0.05) is 24.8 Å². The quantitative estimate of drug-likeness (QED) is 0.142. The van der Waals surface area contributed by atoms with Crippen molar-refractivity contribution in [2.75, 3.05) is 0 Å². The van der Waals surface area contributed by atoms with Crippen LogP contribution in [0.15, 0.2) is 0 Å². The second kappa shape index (κ2) is 8.68. The first-order valence-electron chi connectivity index (χ1n) is 10.1. The van der Waals surface area contributed by atoms with E-state index in [0.29, 0.717) is 5.19 Å². The summed E-state index contributed by atoms with van der Waals surface area (Å²) in [6, 6.07) is 0. The summed E-state index contributed by atoms with van der Waals surface area (Å²) in [4.78, 5) is 0. The van der Waals surface area contributed by atoms with Crippen LogP contribution in [0.3, 0.4) is 0 Å². The molecule has 0 heterocycles. The van der Waals surface area contributed by atoms with Gasteiger partial charge in [0.1, 0.15) is 0 Å². The molecule has 0 atom stereocenters. The van der Waals surface area contributed by atoms with Crippen LogP contribution in [0.25, 0.3) is 22.3 Å². The molecule has 11 heteroatoms. The van der Waals surface area contributed by atoms with E-state index >= 15 is 0 Å². The lowest BCUT2D eigenvalue weighted by molar-refractivity contribution is 0.381. The second-order valence-corrected chi connectivity index (χ2v) is 14.1. The largest absolute Gasteiger partial charge is 0.203 e. The van der Waals surface area contributed by atoms with Gasteiger partial charge in [-0.05, 0) is 48.6 Å². The number of rotatable bonds is 3. The molecule has 0 bridgehead atoms. The van der Waals surface area contributed by atoms with Crippen LogP contribution in [0.4, 0.5) is 43.9 Å². The predicted octanol–water partition coefficient (Wildman–Crippen LogP) is 7.88. The molecule has 3 rings (SSSR count). The van der Waals surface area contributed by atoms with Gasteiger partial charge in [-0.2, -0.15) is 0 Å². The van der Waals surface area contributed by atoms with Crippen molar-refractivity contribution in [1.29, 1.82) is 0 Å². The van der Waals surface area contributed by atoms with E-state index in [1.165, 1.54) is 13.8 Å². The second-order valence-electron chi connectivity index (χ2n) is 9.14. The fourth-order valence-electron chi connectivity index (χ4n) is 4.74. The van der Waals surface area contributed by atoms with E-state index < -0.39 is 94.1 Å². The van der Waals surface area contributed by atoms with Gasteiger partial charge in [0.15, 0.2) is 46.5 Å². The summed E-state index contributed by atoms with van der Waals surface area (Å²) in [7, 11) is -2.63. The van der Waals surface area contributed by atoms with Crippen LogP contribution >= 0.6 is 0 Å². The molecule has 0 N–H and O–H groups in total. The Morgan fingerprint density at radius 2 is 0.571 bits per heavy atom.